The standard InChI is InChI=1S/C35H42N6O6S/c1-35(2,3)47-34(46)38-20-12-10-16-27(31(43)32(44)39-22-25-14-9-11-19-37-25)40-30(42)23-41(4)33(45)26-15-6-8-18-29(26)48-28-17-7-5-13-24(28)21-36/h5-9,11,13-15,17-19,27,31,43H,10,12,16,20,22-23H2,1-4H3,(H,38,46)(H,39,44)(H,40,42)/t27-,31-/m0/s1. The maximum absolute atomic E-state index is 13.5. The van der Waals surface area contributed by atoms with E-state index in [9.17, 15) is 29.5 Å². The topological polar surface area (TPSA) is 174 Å². The third-order valence-electron chi connectivity index (χ3n) is 6.85. The van der Waals surface area contributed by atoms with E-state index < -0.39 is 41.6 Å². The first kappa shape index (κ1) is 37.5. The summed E-state index contributed by atoms with van der Waals surface area (Å²) in [4.78, 5) is 58.3. The molecule has 2 aromatic carbocycles. The van der Waals surface area contributed by atoms with Gasteiger partial charge in [-0.05, 0) is 76.4 Å². The monoisotopic (exact) mass is 674 g/mol. The van der Waals surface area contributed by atoms with Gasteiger partial charge in [0, 0.05) is 29.6 Å². The van der Waals surface area contributed by atoms with Crippen molar-refractivity contribution in [2.24, 2.45) is 0 Å². The van der Waals surface area contributed by atoms with Gasteiger partial charge in [0.05, 0.1) is 36.0 Å². The van der Waals surface area contributed by atoms with Crippen molar-refractivity contribution in [3.63, 3.8) is 0 Å². The molecule has 254 valence electrons. The van der Waals surface area contributed by atoms with Crippen molar-refractivity contribution in [3.05, 3.63) is 89.7 Å². The van der Waals surface area contributed by atoms with Crippen molar-refractivity contribution in [3.8, 4) is 6.07 Å². The number of hydrogen-bond acceptors (Lipinski definition) is 9. The van der Waals surface area contributed by atoms with Crippen molar-refractivity contribution in [1.82, 2.24) is 25.8 Å². The molecule has 3 rings (SSSR count). The van der Waals surface area contributed by atoms with Crippen molar-refractivity contribution in [2.45, 2.75) is 74.1 Å². The molecule has 0 fully saturated rings. The smallest absolute Gasteiger partial charge is 0.407 e. The van der Waals surface area contributed by atoms with Gasteiger partial charge in [-0.1, -0.05) is 42.1 Å². The molecule has 4 N–H and O–H groups in total. The van der Waals surface area contributed by atoms with Gasteiger partial charge in [0.2, 0.25) is 5.91 Å². The lowest BCUT2D eigenvalue weighted by Crippen LogP contribution is -2.52. The number of hydrogen-bond donors (Lipinski definition) is 4. The lowest BCUT2D eigenvalue weighted by Gasteiger charge is -2.25. The van der Waals surface area contributed by atoms with E-state index in [0.717, 1.165) is 0 Å². The van der Waals surface area contributed by atoms with Crippen LogP contribution in [0.2, 0.25) is 0 Å². The van der Waals surface area contributed by atoms with E-state index in [1.165, 1.54) is 23.7 Å². The minimum atomic E-state index is -1.59. The van der Waals surface area contributed by atoms with E-state index in [-0.39, 0.29) is 19.5 Å². The summed E-state index contributed by atoms with van der Waals surface area (Å²) in [6.07, 6.45) is 0.615. The van der Waals surface area contributed by atoms with Gasteiger partial charge in [-0.2, -0.15) is 5.26 Å². The molecule has 0 saturated carbocycles. The van der Waals surface area contributed by atoms with Crippen LogP contribution in [0.15, 0.2) is 82.7 Å². The zero-order chi connectivity index (χ0) is 35.1. The van der Waals surface area contributed by atoms with Crippen LogP contribution in [0.1, 0.15) is 61.6 Å². The highest BCUT2D eigenvalue weighted by molar-refractivity contribution is 7.99. The Morgan fingerprint density at radius 2 is 1.67 bits per heavy atom. The van der Waals surface area contributed by atoms with Crippen molar-refractivity contribution < 1.29 is 29.0 Å². The number of nitrogens with zero attached hydrogens (tertiary/aromatic N) is 3. The van der Waals surface area contributed by atoms with Crippen LogP contribution < -0.4 is 16.0 Å². The zero-order valence-electron chi connectivity index (χ0n) is 27.6. The molecule has 0 unspecified atom stereocenters. The Morgan fingerprint density at radius 1 is 0.979 bits per heavy atom. The van der Waals surface area contributed by atoms with E-state index in [0.29, 0.717) is 46.0 Å². The molecule has 0 aliphatic heterocycles. The number of likely N-dealkylation sites (N-methyl/N-ethyl adjacent to an activating group) is 1. The number of aromatic nitrogens is 1. The molecule has 3 aromatic rings. The number of pyridine rings is 1. The predicted molar refractivity (Wildman–Crippen MR) is 181 cm³/mol. The summed E-state index contributed by atoms with van der Waals surface area (Å²) in [5.74, 6) is -1.67. The van der Waals surface area contributed by atoms with E-state index in [4.69, 9.17) is 4.74 Å². The third-order valence-corrected chi connectivity index (χ3v) is 8.00. The Kier molecular flexibility index (Phi) is 14.4. The van der Waals surface area contributed by atoms with Crippen molar-refractivity contribution in [1.29, 1.82) is 5.26 Å². The van der Waals surface area contributed by atoms with Crippen molar-refractivity contribution in [2.75, 3.05) is 20.1 Å². The Bertz CT molecular complexity index is 1590. The van der Waals surface area contributed by atoms with Crippen LogP contribution in [0.5, 0.6) is 0 Å². The Hall–Kier alpha value is -4.93. The molecule has 0 spiro atoms. The number of amides is 4. The van der Waals surface area contributed by atoms with Gasteiger partial charge in [-0.15, -0.1) is 0 Å². The van der Waals surface area contributed by atoms with Gasteiger partial charge >= 0.3 is 6.09 Å². The van der Waals surface area contributed by atoms with E-state index in [1.54, 1.807) is 87.6 Å². The lowest BCUT2D eigenvalue weighted by atomic mass is 10.0. The minimum absolute atomic E-state index is 0.0880. The highest BCUT2D eigenvalue weighted by Gasteiger charge is 2.28. The van der Waals surface area contributed by atoms with Gasteiger partial charge < -0.3 is 30.7 Å². The average molecular weight is 675 g/mol. The molecular weight excluding hydrogens is 632 g/mol. The normalized spacial score (nSPS) is 12.2. The van der Waals surface area contributed by atoms with Gasteiger partial charge in [-0.25, -0.2) is 4.79 Å². The van der Waals surface area contributed by atoms with Crippen LogP contribution >= 0.6 is 11.8 Å². The van der Waals surface area contributed by atoms with Crippen LogP contribution in [0.25, 0.3) is 0 Å². The van der Waals surface area contributed by atoms with Crippen LogP contribution in [0, 0.1) is 11.3 Å². The molecule has 12 nitrogen and oxygen atoms in total. The molecule has 1 heterocycles. The van der Waals surface area contributed by atoms with Gasteiger partial charge in [0.15, 0.2) is 6.10 Å². The number of aliphatic hydroxyl groups excluding tert-OH is 1. The second kappa shape index (κ2) is 18.4. The maximum Gasteiger partial charge on any atom is 0.407 e. The maximum atomic E-state index is 13.5. The second-order valence-corrected chi connectivity index (χ2v) is 13.0. The van der Waals surface area contributed by atoms with Crippen LogP contribution in [0.3, 0.4) is 0 Å². The van der Waals surface area contributed by atoms with E-state index in [2.05, 4.69) is 27.0 Å². The molecule has 0 aliphatic carbocycles. The summed E-state index contributed by atoms with van der Waals surface area (Å²) in [6.45, 7) is 5.33. The first-order valence-corrected chi connectivity index (χ1v) is 16.3. The summed E-state index contributed by atoms with van der Waals surface area (Å²) in [5, 5.41) is 28.5. The van der Waals surface area contributed by atoms with Gasteiger partial charge in [0.1, 0.15) is 11.7 Å². The van der Waals surface area contributed by atoms with Crippen LogP contribution in [-0.4, -0.2) is 76.7 Å². The summed E-state index contributed by atoms with van der Waals surface area (Å²) < 4.78 is 5.24. The fourth-order valence-corrected chi connectivity index (χ4v) is 5.53. The number of benzene rings is 2. The molecule has 2 atom stereocenters. The number of ether oxygens (including phenoxy) is 1. The predicted octanol–water partition coefficient (Wildman–Crippen LogP) is 4.03. The van der Waals surface area contributed by atoms with E-state index in [1.807, 2.05) is 6.07 Å². The first-order valence-electron chi connectivity index (χ1n) is 15.5. The minimum Gasteiger partial charge on any atom is -0.444 e. The summed E-state index contributed by atoms with van der Waals surface area (Å²) in [6, 6.07) is 20.4. The second-order valence-electron chi connectivity index (χ2n) is 11.9. The van der Waals surface area contributed by atoms with E-state index >= 15 is 0 Å². The molecule has 4 amide bonds. The molecule has 48 heavy (non-hydrogen) atoms. The number of alkyl carbamates (subject to hydrolysis) is 1. The molecule has 13 heteroatoms. The number of carbonyl (C=O) groups is 4. The Balaban J connectivity index is 1.64. The Labute approximate surface area is 285 Å². The molecule has 0 saturated heterocycles. The fourth-order valence-electron chi connectivity index (χ4n) is 4.51. The van der Waals surface area contributed by atoms with Crippen LogP contribution in [-0.2, 0) is 20.9 Å². The molecule has 0 bridgehead atoms. The number of nitriles is 1. The molecular formula is C35H42N6O6S. The fraction of sp³-hybridized carbons (Fsp3) is 0.371. The number of nitrogens with one attached hydrogen (secondary N) is 3. The first-order chi connectivity index (χ1) is 22.9. The zero-order valence-corrected chi connectivity index (χ0v) is 28.4. The third kappa shape index (κ3) is 12.4. The lowest BCUT2D eigenvalue weighted by molar-refractivity contribution is -0.132. The SMILES string of the molecule is CN(CC(=O)N[C@@H](CCCCNC(=O)OC(C)(C)C)[C@H](O)C(=O)NCc1ccccn1)C(=O)c1ccccc1Sc1ccccc1C#N. The van der Waals surface area contributed by atoms with Crippen LogP contribution in [0.4, 0.5) is 4.79 Å². The van der Waals surface area contributed by atoms with Gasteiger partial charge in [-0.3, -0.25) is 19.4 Å². The Morgan fingerprint density at radius 3 is 2.35 bits per heavy atom. The largest absolute Gasteiger partial charge is 0.444 e. The number of aliphatic hydroxyl groups is 1. The molecule has 0 aliphatic rings. The van der Waals surface area contributed by atoms with Crippen molar-refractivity contribution >= 4 is 35.6 Å². The van der Waals surface area contributed by atoms with Gasteiger partial charge in [0.25, 0.3) is 11.8 Å². The number of carbonyl (C=O) groups excluding carboxylic acids is 4. The average Bonchev–Trinajstić information content (AvgIpc) is 3.06. The quantitative estimate of drug-likeness (QED) is 0.174. The highest BCUT2D eigenvalue weighted by Crippen LogP contribution is 2.33. The summed E-state index contributed by atoms with van der Waals surface area (Å²) in [7, 11) is 1.49. The number of rotatable bonds is 15. The number of unbranched alkanes of at least 4 members (excludes halogenated alkanes) is 1. The summed E-state index contributed by atoms with van der Waals surface area (Å²) in [5.41, 5.74) is 0.798. The highest BCUT2D eigenvalue weighted by atomic mass is 32.2. The molecule has 0 radical (unpaired) electrons. The summed E-state index contributed by atoms with van der Waals surface area (Å²) >= 11 is 1.28. The molecule has 1 aromatic heterocycles.